The molecule has 0 bridgehead atoms. The van der Waals surface area contributed by atoms with Crippen molar-refractivity contribution in [1.29, 1.82) is 0 Å². The van der Waals surface area contributed by atoms with Gasteiger partial charge in [0.1, 0.15) is 5.75 Å². The van der Waals surface area contributed by atoms with E-state index in [0.717, 1.165) is 31.1 Å². The van der Waals surface area contributed by atoms with Crippen LogP contribution in [0.5, 0.6) is 5.75 Å². The largest absolute Gasteiger partial charge is 0.497 e. The molecule has 0 saturated heterocycles. The number of rotatable bonds is 5. The number of benzene rings is 1. The number of likely N-dealkylation sites (N-methyl/N-ethyl adjacent to an activating group) is 1. The zero-order valence-electron chi connectivity index (χ0n) is 12.0. The zero-order valence-corrected chi connectivity index (χ0v) is 12.0. The molecule has 1 atom stereocenters. The first-order chi connectivity index (χ1) is 9.20. The predicted octanol–water partition coefficient (Wildman–Crippen LogP) is 2.08. The van der Waals surface area contributed by atoms with Crippen LogP contribution in [-0.4, -0.2) is 45.0 Å². The molecule has 4 heteroatoms. The van der Waals surface area contributed by atoms with Crippen molar-refractivity contribution in [3.63, 3.8) is 0 Å². The molecule has 1 heterocycles. The highest BCUT2D eigenvalue weighted by atomic mass is 16.5. The summed E-state index contributed by atoms with van der Waals surface area (Å²) in [5.74, 6) is 2.05. The SMILES string of the molecule is COc1cccc(C(CNC2=NCCC2)N(C)C)c1. The normalized spacial score (nSPS) is 16.3. The van der Waals surface area contributed by atoms with Crippen LogP contribution in [-0.2, 0) is 0 Å². The molecule has 19 heavy (non-hydrogen) atoms. The van der Waals surface area contributed by atoms with Gasteiger partial charge >= 0.3 is 0 Å². The lowest BCUT2D eigenvalue weighted by molar-refractivity contribution is 0.297. The number of amidine groups is 1. The number of hydrogen-bond donors (Lipinski definition) is 1. The van der Waals surface area contributed by atoms with Crippen LogP contribution < -0.4 is 10.1 Å². The van der Waals surface area contributed by atoms with E-state index in [2.05, 4.69) is 41.4 Å². The highest BCUT2D eigenvalue weighted by molar-refractivity contribution is 5.83. The summed E-state index contributed by atoms with van der Waals surface area (Å²) in [5, 5.41) is 3.47. The van der Waals surface area contributed by atoms with E-state index < -0.39 is 0 Å². The van der Waals surface area contributed by atoms with Gasteiger partial charge < -0.3 is 15.0 Å². The molecule has 2 rings (SSSR count). The summed E-state index contributed by atoms with van der Waals surface area (Å²) in [7, 11) is 5.90. The molecule has 1 N–H and O–H groups in total. The average Bonchev–Trinajstić information content (AvgIpc) is 2.92. The Bertz CT molecular complexity index is 443. The molecule has 0 aromatic heterocycles. The molecule has 0 radical (unpaired) electrons. The third-order valence-electron chi connectivity index (χ3n) is 3.48. The highest BCUT2D eigenvalue weighted by Crippen LogP contribution is 2.22. The van der Waals surface area contributed by atoms with Crippen molar-refractivity contribution in [2.24, 2.45) is 4.99 Å². The number of nitrogens with one attached hydrogen (secondary N) is 1. The summed E-state index contributed by atoms with van der Waals surface area (Å²) in [5.41, 5.74) is 1.26. The van der Waals surface area contributed by atoms with Gasteiger partial charge in [-0.25, -0.2) is 0 Å². The van der Waals surface area contributed by atoms with Crippen molar-refractivity contribution in [3.05, 3.63) is 29.8 Å². The van der Waals surface area contributed by atoms with Crippen molar-refractivity contribution in [3.8, 4) is 5.75 Å². The fourth-order valence-electron chi connectivity index (χ4n) is 2.35. The van der Waals surface area contributed by atoms with Gasteiger partial charge in [-0.2, -0.15) is 0 Å². The number of hydrogen-bond acceptors (Lipinski definition) is 4. The maximum absolute atomic E-state index is 5.30. The van der Waals surface area contributed by atoms with Gasteiger partial charge in [0.2, 0.25) is 0 Å². The van der Waals surface area contributed by atoms with Crippen molar-refractivity contribution in [2.45, 2.75) is 18.9 Å². The molecule has 0 fully saturated rings. The third kappa shape index (κ3) is 3.70. The summed E-state index contributed by atoms with van der Waals surface area (Å²) < 4.78 is 5.30. The van der Waals surface area contributed by atoms with E-state index in [1.807, 2.05) is 12.1 Å². The molecule has 0 aliphatic carbocycles. The van der Waals surface area contributed by atoms with Crippen molar-refractivity contribution in [2.75, 3.05) is 34.3 Å². The lowest BCUT2D eigenvalue weighted by Crippen LogP contribution is -2.33. The zero-order chi connectivity index (χ0) is 13.7. The van der Waals surface area contributed by atoms with Gasteiger partial charge in [-0.15, -0.1) is 0 Å². The Morgan fingerprint density at radius 2 is 2.26 bits per heavy atom. The summed E-state index contributed by atoms with van der Waals surface area (Å²) in [6.45, 7) is 1.84. The number of methoxy groups -OCH3 is 1. The minimum absolute atomic E-state index is 0.318. The quantitative estimate of drug-likeness (QED) is 0.881. The van der Waals surface area contributed by atoms with Gasteiger partial charge in [-0.1, -0.05) is 12.1 Å². The predicted molar refractivity (Wildman–Crippen MR) is 79.0 cm³/mol. The van der Waals surface area contributed by atoms with E-state index in [9.17, 15) is 0 Å². The minimum atomic E-state index is 0.318. The number of ether oxygens (including phenoxy) is 1. The van der Waals surface area contributed by atoms with Crippen LogP contribution in [0.1, 0.15) is 24.4 Å². The standard InChI is InChI=1S/C15H23N3O/c1-18(2)14(11-17-15-8-5-9-16-15)12-6-4-7-13(10-12)19-3/h4,6-7,10,14H,5,8-9,11H2,1-3H3,(H,16,17). The van der Waals surface area contributed by atoms with Crippen molar-refractivity contribution >= 4 is 5.84 Å². The lowest BCUT2D eigenvalue weighted by Gasteiger charge is -2.25. The molecular weight excluding hydrogens is 238 g/mol. The van der Waals surface area contributed by atoms with Crippen LogP contribution in [0.3, 0.4) is 0 Å². The monoisotopic (exact) mass is 261 g/mol. The fourth-order valence-corrected chi connectivity index (χ4v) is 2.35. The first kappa shape index (κ1) is 13.9. The van der Waals surface area contributed by atoms with E-state index in [-0.39, 0.29) is 0 Å². The van der Waals surface area contributed by atoms with Gasteiger partial charge in [0, 0.05) is 19.5 Å². The van der Waals surface area contributed by atoms with E-state index in [0.29, 0.717) is 6.04 Å². The van der Waals surface area contributed by atoms with Crippen LogP contribution in [0.4, 0.5) is 0 Å². The number of aliphatic imine (C=N–C) groups is 1. The van der Waals surface area contributed by atoms with Crippen LogP contribution >= 0.6 is 0 Å². The summed E-state index contributed by atoms with van der Waals surface area (Å²) >= 11 is 0. The second kappa shape index (κ2) is 6.57. The Morgan fingerprint density at radius 1 is 1.42 bits per heavy atom. The molecule has 0 amide bonds. The van der Waals surface area contributed by atoms with Crippen LogP contribution in [0.2, 0.25) is 0 Å². The Balaban J connectivity index is 2.05. The lowest BCUT2D eigenvalue weighted by atomic mass is 10.1. The molecule has 1 aromatic carbocycles. The smallest absolute Gasteiger partial charge is 0.119 e. The minimum Gasteiger partial charge on any atom is -0.497 e. The maximum Gasteiger partial charge on any atom is 0.119 e. The highest BCUT2D eigenvalue weighted by Gasteiger charge is 2.16. The first-order valence-electron chi connectivity index (χ1n) is 6.78. The van der Waals surface area contributed by atoms with E-state index in [1.54, 1.807) is 7.11 Å². The fraction of sp³-hybridized carbons (Fsp3) is 0.533. The Kier molecular flexibility index (Phi) is 4.80. The molecule has 0 saturated carbocycles. The Labute approximate surface area is 115 Å². The summed E-state index contributed by atoms with van der Waals surface area (Å²) in [4.78, 5) is 6.68. The second-order valence-corrected chi connectivity index (χ2v) is 5.07. The molecular formula is C15H23N3O. The molecule has 1 aliphatic heterocycles. The van der Waals surface area contributed by atoms with E-state index >= 15 is 0 Å². The Hall–Kier alpha value is -1.55. The van der Waals surface area contributed by atoms with Gasteiger partial charge in [0.05, 0.1) is 19.0 Å². The van der Waals surface area contributed by atoms with Gasteiger partial charge in [0.25, 0.3) is 0 Å². The van der Waals surface area contributed by atoms with Gasteiger partial charge in [-0.3, -0.25) is 4.99 Å². The second-order valence-electron chi connectivity index (χ2n) is 5.07. The van der Waals surface area contributed by atoms with Gasteiger partial charge in [-0.05, 0) is 38.2 Å². The van der Waals surface area contributed by atoms with Crippen LogP contribution in [0.25, 0.3) is 0 Å². The Morgan fingerprint density at radius 3 is 2.89 bits per heavy atom. The van der Waals surface area contributed by atoms with Gasteiger partial charge in [0.15, 0.2) is 0 Å². The van der Waals surface area contributed by atoms with E-state index in [4.69, 9.17) is 4.74 Å². The number of nitrogens with zero attached hydrogens (tertiary/aromatic N) is 2. The van der Waals surface area contributed by atoms with E-state index in [1.165, 1.54) is 12.0 Å². The van der Waals surface area contributed by atoms with Crippen molar-refractivity contribution in [1.82, 2.24) is 10.2 Å². The molecule has 0 spiro atoms. The van der Waals surface area contributed by atoms with Crippen molar-refractivity contribution < 1.29 is 4.74 Å². The topological polar surface area (TPSA) is 36.9 Å². The summed E-state index contributed by atoms with van der Waals surface area (Å²) in [6, 6.07) is 8.58. The third-order valence-corrected chi connectivity index (χ3v) is 3.48. The molecule has 4 nitrogen and oxygen atoms in total. The maximum atomic E-state index is 5.30. The summed E-state index contributed by atoms with van der Waals surface area (Å²) in [6.07, 6.45) is 2.26. The molecule has 1 aromatic rings. The average molecular weight is 261 g/mol. The first-order valence-corrected chi connectivity index (χ1v) is 6.78. The molecule has 1 unspecified atom stereocenters. The molecule has 104 valence electrons. The molecule has 1 aliphatic rings. The van der Waals surface area contributed by atoms with Crippen LogP contribution in [0, 0.1) is 0 Å². The van der Waals surface area contributed by atoms with Crippen LogP contribution in [0.15, 0.2) is 29.3 Å².